The van der Waals surface area contributed by atoms with Crippen LogP contribution in [0.3, 0.4) is 0 Å². The van der Waals surface area contributed by atoms with E-state index in [9.17, 15) is 9.59 Å². The second-order valence-electron chi connectivity index (χ2n) is 6.68. The summed E-state index contributed by atoms with van der Waals surface area (Å²) in [6, 6.07) is 19.6. The fraction of sp³-hybridized carbons (Fsp3) is 0.0870. The maximum absolute atomic E-state index is 13.1. The van der Waals surface area contributed by atoms with Crippen LogP contribution in [-0.4, -0.2) is 27.1 Å². The zero-order chi connectivity index (χ0) is 21.1. The minimum Gasteiger partial charge on any atom is -0.478 e. The number of carbonyl (C=O) groups excluding carboxylic acids is 1. The molecule has 0 spiro atoms. The van der Waals surface area contributed by atoms with Crippen molar-refractivity contribution >= 4 is 40.6 Å². The highest BCUT2D eigenvalue weighted by Crippen LogP contribution is 2.35. The smallest absolute Gasteiger partial charge is 0.335 e. The molecular formula is C23H18N2O4S. The fourth-order valence-electron chi connectivity index (χ4n) is 2.94. The van der Waals surface area contributed by atoms with Crippen LogP contribution in [0.25, 0.3) is 6.08 Å². The maximum atomic E-state index is 13.1. The van der Waals surface area contributed by atoms with Gasteiger partial charge < -0.3 is 9.52 Å². The van der Waals surface area contributed by atoms with Crippen LogP contribution < -0.4 is 0 Å². The van der Waals surface area contributed by atoms with Crippen molar-refractivity contribution in [3.63, 3.8) is 0 Å². The molecule has 0 saturated carbocycles. The molecule has 1 amide bonds. The van der Waals surface area contributed by atoms with Crippen LogP contribution >= 0.6 is 11.8 Å². The molecule has 1 aliphatic heterocycles. The van der Waals surface area contributed by atoms with Gasteiger partial charge in [0.05, 0.1) is 22.7 Å². The van der Waals surface area contributed by atoms with Gasteiger partial charge >= 0.3 is 5.97 Å². The van der Waals surface area contributed by atoms with Gasteiger partial charge in [-0.15, -0.1) is 0 Å². The number of carboxylic acids is 1. The molecule has 150 valence electrons. The Bertz CT molecular complexity index is 1150. The van der Waals surface area contributed by atoms with Crippen LogP contribution in [0, 0.1) is 6.92 Å². The van der Waals surface area contributed by atoms with Gasteiger partial charge in [0, 0.05) is 6.08 Å². The topological polar surface area (TPSA) is 83.1 Å². The average molecular weight is 418 g/mol. The molecule has 1 fully saturated rings. The molecule has 0 radical (unpaired) electrons. The van der Waals surface area contributed by atoms with E-state index >= 15 is 0 Å². The largest absolute Gasteiger partial charge is 0.478 e. The number of aryl methyl sites for hydroxylation is 1. The molecule has 0 unspecified atom stereocenters. The lowest BCUT2D eigenvalue weighted by atomic mass is 10.1. The number of para-hydroxylation sites is 1. The molecule has 0 bridgehead atoms. The molecule has 2 aromatic carbocycles. The predicted molar refractivity (Wildman–Crippen MR) is 117 cm³/mol. The third-order valence-corrected chi connectivity index (χ3v) is 5.45. The van der Waals surface area contributed by atoms with E-state index in [0.717, 1.165) is 17.0 Å². The number of aromatic carboxylic acids is 1. The molecule has 0 atom stereocenters. The Kier molecular flexibility index (Phi) is 5.54. The zero-order valence-corrected chi connectivity index (χ0v) is 16.9. The van der Waals surface area contributed by atoms with Crippen LogP contribution in [0.1, 0.15) is 27.4 Å². The summed E-state index contributed by atoms with van der Waals surface area (Å²) in [5.74, 6) is 0.214. The molecule has 0 aliphatic carbocycles. The molecule has 6 nitrogen and oxygen atoms in total. The van der Waals surface area contributed by atoms with Gasteiger partial charge in [0.1, 0.15) is 11.5 Å². The number of amides is 1. The number of rotatable bonds is 5. The molecule has 1 aromatic heterocycles. The zero-order valence-electron chi connectivity index (χ0n) is 16.1. The summed E-state index contributed by atoms with van der Waals surface area (Å²) in [5, 5.41) is 9.64. The van der Waals surface area contributed by atoms with Crippen molar-refractivity contribution < 1.29 is 19.1 Å². The number of aliphatic imine (C=N–C) groups is 1. The van der Waals surface area contributed by atoms with E-state index in [1.807, 2.05) is 49.4 Å². The molecule has 1 saturated heterocycles. The SMILES string of the molecule is Cc1ccc(/C=C2/SC(=Nc3ccccc3)N(Cc3ccc(C(=O)O)cc3)C2=O)o1. The maximum Gasteiger partial charge on any atom is 0.335 e. The summed E-state index contributed by atoms with van der Waals surface area (Å²) in [6.07, 6.45) is 1.72. The first-order valence-corrected chi connectivity index (χ1v) is 10.0. The summed E-state index contributed by atoms with van der Waals surface area (Å²) < 4.78 is 5.58. The second kappa shape index (κ2) is 8.42. The van der Waals surface area contributed by atoms with Gasteiger partial charge in [0.25, 0.3) is 5.91 Å². The van der Waals surface area contributed by atoms with Gasteiger partial charge in [-0.25, -0.2) is 9.79 Å². The Morgan fingerprint density at radius 1 is 1.10 bits per heavy atom. The fourth-order valence-corrected chi connectivity index (χ4v) is 3.92. The molecule has 3 aromatic rings. The monoisotopic (exact) mass is 418 g/mol. The summed E-state index contributed by atoms with van der Waals surface area (Å²) in [7, 11) is 0. The third kappa shape index (κ3) is 4.36. The molecule has 30 heavy (non-hydrogen) atoms. The summed E-state index contributed by atoms with van der Waals surface area (Å²) in [4.78, 5) is 31.0. The molecule has 4 rings (SSSR count). The molecule has 7 heteroatoms. The Hall–Kier alpha value is -3.58. The number of carboxylic acid groups (broad SMARTS) is 1. The van der Waals surface area contributed by atoms with Crippen molar-refractivity contribution in [2.24, 2.45) is 4.99 Å². The van der Waals surface area contributed by atoms with E-state index in [2.05, 4.69) is 4.99 Å². The number of benzene rings is 2. The number of amidine groups is 1. The molecular weight excluding hydrogens is 400 g/mol. The molecule has 2 heterocycles. The van der Waals surface area contributed by atoms with E-state index in [1.54, 1.807) is 23.1 Å². The number of furan rings is 1. The van der Waals surface area contributed by atoms with Gasteiger partial charge in [-0.3, -0.25) is 9.69 Å². The standard InChI is InChI=1S/C23H18N2O4S/c1-15-7-12-19(29-15)13-20-21(26)25(14-16-8-10-17(11-9-16)22(27)28)23(30-20)24-18-5-3-2-4-6-18/h2-13H,14H2,1H3,(H,27,28)/b20-13+,24-23?. The van der Waals surface area contributed by atoms with Gasteiger partial charge in [0.2, 0.25) is 0 Å². The van der Waals surface area contributed by atoms with Crippen molar-refractivity contribution in [3.05, 3.63) is 94.3 Å². The lowest BCUT2D eigenvalue weighted by Gasteiger charge is -2.16. The number of nitrogens with zero attached hydrogens (tertiary/aromatic N) is 2. The van der Waals surface area contributed by atoms with Crippen molar-refractivity contribution in [1.82, 2.24) is 4.90 Å². The predicted octanol–water partition coefficient (Wildman–Crippen LogP) is 5.09. The van der Waals surface area contributed by atoms with Crippen molar-refractivity contribution in [1.29, 1.82) is 0 Å². The van der Waals surface area contributed by atoms with E-state index in [-0.39, 0.29) is 18.0 Å². The number of carbonyl (C=O) groups is 2. The Balaban J connectivity index is 1.66. The van der Waals surface area contributed by atoms with Crippen LogP contribution in [0.4, 0.5) is 5.69 Å². The minimum absolute atomic E-state index is 0.175. The Morgan fingerprint density at radius 3 is 2.47 bits per heavy atom. The minimum atomic E-state index is -0.986. The van der Waals surface area contributed by atoms with E-state index < -0.39 is 5.97 Å². The highest BCUT2D eigenvalue weighted by molar-refractivity contribution is 8.18. The second-order valence-corrected chi connectivity index (χ2v) is 7.69. The molecule has 1 aliphatic rings. The lowest BCUT2D eigenvalue weighted by Crippen LogP contribution is -2.28. The van der Waals surface area contributed by atoms with Crippen molar-refractivity contribution in [2.75, 3.05) is 0 Å². The van der Waals surface area contributed by atoms with Crippen molar-refractivity contribution in [2.45, 2.75) is 13.5 Å². The van der Waals surface area contributed by atoms with Crippen LogP contribution in [0.5, 0.6) is 0 Å². The van der Waals surface area contributed by atoms with Crippen LogP contribution in [0.2, 0.25) is 0 Å². The highest BCUT2D eigenvalue weighted by atomic mass is 32.2. The van der Waals surface area contributed by atoms with Crippen LogP contribution in [-0.2, 0) is 11.3 Å². The normalized spacial score (nSPS) is 16.6. The van der Waals surface area contributed by atoms with Gasteiger partial charge in [0.15, 0.2) is 5.17 Å². The van der Waals surface area contributed by atoms with E-state index in [1.165, 1.54) is 23.9 Å². The Labute approximate surface area is 177 Å². The summed E-state index contributed by atoms with van der Waals surface area (Å²) in [6.45, 7) is 2.13. The number of hydrogen-bond donors (Lipinski definition) is 1. The van der Waals surface area contributed by atoms with Gasteiger partial charge in [-0.2, -0.15) is 0 Å². The van der Waals surface area contributed by atoms with E-state index in [0.29, 0.717) is 15.8 Å². The van der Waals surface area contributed by atoms with Crippen LogP contribution in [0.15, 0.2) is 81.0 Å². The number of hydrogen-bond acceptors (Lipinski definition) is 5. The van der Waals surface area contributed by atoms with Gasteiger partial charge in [-0.05, 0) is 60.6 Å². The Morgan fingerprint density at radius 2 is 1.83 bits per heavy atom. The van der Waals surface area contributed by atoms with Crippen molar-refractivity contribution in [3.8, 4) is 0 Å². The number of thioether (sulfide) groups is 1. The third-order valence-electron chi connectivity index (χ3n) is 4.45. The summed E-state index contributed by atoms with van der Waals surface area (Å²) >= 11 is 1.29. The van der Waals surface area contributed by atoms with Gasteiger partial charge in [-0.1, -0.05) is 30.3 Å². The summed E-state index contributed by atoms with van der Waals surface area (Å²) in [5.41, 5.74) is 1.76. The average Bonchev–Trinajstić information content (AvgIpc) is 3.27. The molecule has 1 N–H and O–H groups in total. The first-order valence-electron chi connectivity index (χ1n) is 9.23. The first kappa shape index (κ1) is 19.7. The first-order chi connectivity index (χ1) is 14.5. The highest BCUT2D eigenvalue weighted by Gasteiger charge is 2.33. The van der Waals surface area contributed by atoms with E-state index in [4.69, 9.17) is 9.52 Å². The quantitative estimate of drug-likeness (QED) is 0.584. The lowest BCUT2D eigenvalue weighted by molar-refractivity contribution is -0.122.